The smallest absolute Gasteiger partial charge is 0.139 e. The Bertz CT molecular complexity index is 368. The molecule has 1 aromatic rings. The Kier molecular flexibility index (Phi) is 2.69. The molecule has 0 saturated carbocycles. The number of aromatic nitrogens is 2. The number of rotatable bonds is 1. The van der Waals surface area contributed by atoms with Gasteiger partial charge < -0.3 is 14.6 Å². The minimum atomic E-state index is 0.142. The van der Waals surface area contributed by atoms with E-state index in [9.17, 15) is 0 Å². The van der Waals surface area contributed by atoms with E-state index < -0.39 is 0 Å². The number of hydrogen-bond donors (Lipinski definition) is 1. The maximum absolute atomic E-state index is 5.79. The predicted octanol–water partition coefficient (Wildman–Crippen LogP) is 1.44. The van der Waals surface area contributed by atoms with E-state index in [4.69, 9.17) is 4.74 Å². The van der Waals surface area contributed by atoms with Gasteiger partial charge in [-0.15, -0.1) is 0 Å². The first-order valence-corrected chi connectivity index (χ1v) is 6.24. The Morgan fingerprint density at radius 3 is 3.31 bits per heavy atom. The summed E-state index contributed by atoms with van der Waals surface area (Å²) in [6.07, 6.45) is 5.88. The summed E-state index contributed by atoms with van der Waals surface area (Å²) in [6.45, 7) is 4.92. The van der Waals surface area contributed by atoms with Crippen LogP contribution in [0.25, 0.3) is 0 Å². The molecule has 0 aromatic carbocycles. The first-order valence-electron chi connectivity index (χ1n) is 6.24. The second kappa shape index (κ2) is 4.18. The number of nitrogens with one attached hydrogen (secondary N) is 1. The first-order chi connectivity index (χ1) is 7.86. The molecule has 2 unspecified atom stereocenters. The Morgan fingerprint density at radius 2 is 2.50 bits per heavy atom. The zero-order chi connectivity index (χ0) is 11.0. The van der Waals surface area contributed by atoms with Crippen molar-refractivity contribution in [2.45, 2.75) is 38.3 Å². The van der Waals surface area contributed by atoms with Crippen LogP contribution in [-0.4, -0.2) is 29.2 Å². The molecule has 3 heterocycles. The van der Waals surface area contributed by atoms with E-state index in [1.165, 1.54) is 18.5 Å². The van der Waals surface area contributed by atoms with E-state index in [0.717, 1.165) is 31.9 Å². The highest BCUT2D eigenvalue weighted by molar-refractivity contribution is 5.12. The van der Waals surface area contributed by atoms with Gasteiger partial charge in [-0.1, -0.05) is 0 Å². The minimum Gasteiger partial charge on any atom is -0.368 e. The fourth-order valence-electron chi connectivity index (χ4n) is 2.78. The van der Waals surface area contributed by atoms with Crippen LogP contribution in [-0.2, 0) is 11.2 Å². The molecule has 1 saturated heterocycles. The largest absolute Gasteiger partial charge is 0.368 e. The number of morpholine rings is 1. The van der Waals surface area contributed by atoms with E-state index in [-0.39, 0.29) is 6.10 Å². The fourth-order valence-corrected chi connectivity index (χ4v) is 2.78. The lowest BCUT2D eigenvalue weighted by atomic mass is 10.0. The maximum Gasteiger partial charge on any atom is 0.139 e. The quantitative estimate of drug-likeness (QED) is 0.780. The summed E-state index contributed by atoms with van der Waals surface area (Å²) in [5.41, 5.74) is 1.38. The molecule has 1 fully saturated rings. The molecule has 2 aliphatic rings. The van der Waals surface area contributed by atoms with E-state index in [1.54, 1.807) is 0 Å². The zero-order valence-corrected chi connectivity index (χ0v) is 9.78. The number of imidazole rings is 1. The first kappa shape index (κ1) is 10.3. The lowest BCUT2D eigenvalue weighted by Gasteiger charge is -2.29. The average molecular weight is 221 g/mol. The number of nitrogens with zero attached hydrogens (tertiary/aromatic N) is 2. The van der Waals surface area contributed by atoms with Crippen molar-refractivity contribution >= 4 is 0 Å². The lowest BCUT2D eigenvalue weighted by molar-refractivity contribution is 0.0187. The van der Waals surface area contributed by atoms with E-state index in [1.807, 2.05) is 6.20 Å². The van der Waals surface area contributed by atoms with Gasteiger partial charge in [0, 0.05) is 31.0 Å². The maximum atomic E-state index is 5.79. The van der Waals surface area contributed by atoms with Crippen molar-refractivity contribution in [1.29, 1.82) is 0 Å². The van der Waals surface area contributed by atoms with Crippen molar-refractivity contribution in [2.24, 2.45) is 0 Å². The van der Waals surface area contributed by atoms with Crippen LogP contribution in [0.2, 0.25) is 0 Å². The molecule has 0 spiro atoms. The summed E-state index contributed by atoms with van der Waals surface area (Å²) in [5, 5.41) is 3.37. The number of hydrogen-bond acceptors (Lipinski definition) is 3. The van der Waals surface area contributed by atoms with Gasteiger partial charge in [0.2, 0.25) is 0 Å². The van der Waals surface area contributed by atoms with Crippen molar-refractivity contribution in [3.8, 4) is 0 Å². The Labute approximate surface area is 96.0 Å². The molecule has 0 amide bonds. The Morgan fingerprint density at radius 1 is 1.56 bits per heavy atom. The van der Waals surface area contributed by atoms with E-state index in [2.05, 4.69) is 21.8 Å². The molecule has 0 radical (unpaired) electrons. The van der Waals surface area contributed by atoms with Crippen molar-refractivity contribution in [2.75, 3.05) is 19.7 Å². The third kappa shape index (κ3) is 1.66. The van der Waals surface area contributed by atoms with Crippen molar-refractivity contribution in [1.82, 2.24) is 14.9 Å². The van der Waals surface area contributed by atoms with Crippen LogP contribution >= 0.6 is 0 Å². The molecule has 16 heavy (non-hydrogen) atoms. The molecular weight excluding hydrogens is 202 g/mol. The summed E-state index contributed by atoms with van der Waals surface area (Å²) in [6, 6.07) is 0.576. The standard InChI is InChI=1S/C12H19N3O/c1-9-3-2-4-10-7-14-12(15(9)10)11-8-13-5-6-16-11/h7,9,11,13H,2-6,8H2,1H3. The average Bonchev–Trinajstić information content (AvgIpc) is 2.75. The van der Waals surface area contributed by atoms with E-state index in [0.29, 0.717) is 6.04 Å². The van der Waals surface area contributed by atoms with Gasteiger partial charge >= 0.3 is 0 Å². The normalized spacial score (nSPS) is 30.1. The van der Waals surface area contributed by atoms with Crippen LogP contribution in [0.15, 0.2) is 6.20 Å². The molecule has 0 aliphatic carbocycles. The van der Waals surface area contributed by atoms with Gasteiger partial charge in [-0.05, 0) is 26.2 Å². The topological polar surface area (TPSA) is 39.1 Å². The van der Waals surface area contributed by atoms with Crippen LogP contribution in [0.5, 0.6) is 0 Å². The van der Waals surface area contributed by atoms with Crippen LogP contribution < -0.4 is 5.32 Å². The summed E-state index contributed by atoms with van der Waals surface area (Å²) < 4.78 is 8.18. The minimum absolute atomic E-state index is 0.142. The molecular formula is C12H19N3O. The number of aryl methyl sites for hydroxylation is 1. The second-order valence-corrected chi connectivity index (χ2v) is 4.78. The molecule has 1 N–H and O–H groups in total. The van der Waals surface area contributed by atoms with Crippen molar-refractivity contribution in [3.05, 3.63) is 17.7 Å². The summed E-state index contributed by atoms with van der Waals surface area (Å²) in [4.78, 5) is 4.57. The fraction of sp³-hybridized carbons (Fsp3) is 0.750. The second-order valence-electron chi connectivity index (χ2n) is 4.78. The number of fused-ring (bicyclic) bond motifs is 1. The van der Waals surface area contributed by atoms with Gasteiger partial charge in [-0.25, -0.2) is 4.98 Å². The van der Waals surface area contributed by atoms with Crippen molar-refractivity contribution in [3.63, 3.8) is 0 Å². The Hall–Kier alpha value is -0.870. The molecule has 1 aromatic heterocycles. The summed E-state index contributed by atoms with van der Waals surface area (Å²) in [5.74, 6) is 1.12. The Balaban J connectivity index is 1.91. The SMILES string of the molecule is CC1CCCc2cnc(C3CNCCO3)n21. The zero-order valence-electron chi connectivity index (χ0n) is 9.78. The molecule has 4 heteroatoms. The molecule has 3 rings (SSSR count). The number of ether oxygens (including phenoxy) is 1. The van der Waals surface area contributed by atoms with Gasteiger partial charge in [0.25, 0.3) is 0 Å². The third-order valence-electron chi connectivity index (χ3n) is 3.61. The van der Waals surface area contributed by atoms with Crippen LogP contribution in [0.1, 0.15) is 43.4 Å². The van der Waals surface area contributed by atoms with Crippen LogP contribution in [0, 0.1) is 0 Å². The van der Waals surface area contributed by atoms with Gasteiger partial charge in [0.05, 0.1) is 6.61 Å². The highest BCUT2D eigenvalue weighted by Gasteiger charge is 2.26. The van der Waals surface area contributed by atoms with Gasteiger partial charge in [0.15, 0.2) is 0 Å². The molecule has 2 atom stereocenters. The van der Waals surface area contributed by atoms with Gasteiger partial charge in [0.1, 0.15) is 11.9 Å². The van der Waals surface area contributed by atoms with Gasteiger partial charge in [-0.3, -0.25) is 0 Å². The molecule has 0 bridgehead atoms. The van der Waals surface area contributed by atoms with E-state index >= 15 is 0 Å². The van der Waals surface area contributed by atoms with Gasteiger partial charge in [-0.2, -0.15) is 0 Å². The van der Waals surface area contributed by atoms with Crippen LogP contribution in [0.3, 0.4) is 0 Å². The van der Waals surface area contributed by atoms with Crippen molar-refractivity contribution < 1.29 is 4.74 Å². The lowest BCUT2D eigenvalue weighted by Crippen LogP contribution is -2.35. The highest BCUT2D eigenvalue weighted by atomic mass is 16.5. The molecule has 2 aliphatic heterocycles. The molecule has 88 valence electrons. The van der Waals surface area contributed by atoms with Crippen LogP contribution in [0.4, 0.5) is 0 Å². The summed E-state index contributed by atoms with van der Waals surface area (Å²) in [7, 11) is 0. The predicted molar refractivity (Wildman–Crippen MR) is 61.4 cm³/mol. The summed E-state index contributed by atoms with van der Waals surface area (Å²) >= 11 is 0. The molecule has 4 nitrogen and oxygen atoms in total. The third-order valence-corrected chi connectivity index (χ3v) is 3.61. The highest BCUT2D eigenvalue weighted by Crippen LogP contribution is 2.29. The monoisotopic (exact) mass is 221 g/mol.